The number of carbonyl (C=O) groups is 3. The first-order chi connectivity index (χ1) is 14.8. The van der Waals surface area contributed by atoms with Crippen molar-refractivity contribution < 1.29 is 18.8 Å². The largest absolute Gasteiger partial charge is 0.347 e. The van der Waals surface area contributed by atoms with Gasteiger partial charge in [0.2, 0.25) is 5.91 Å². The minimum atomic E-state index is -0.612. The maximum atomic E-state index is 13.3. The third-order valence-electron chi connectivity index (χ3n) is 5.10. The Kier molecular flexibility index (Phi) is 5.60. The molecule has 4 rings (SSSR count). The molecule has 0 aliphatic carbocycles. The molecule has 2 heterocycles. The summed E-state index contributed by atoms with van der Waals surface area (Å²) < 4.78 is 15.3. The summed E-state index contributed by atoms with van der Waals surface area (Å²) in [6, 6.07) is 11.5. The number of aromatic nitrogens is 1. The maximum Gasteiger partial charge on any atom is 0.294 e. The number of fused-ring (bicyclic) bond motifs is 1. The van der Waals surface area contributed by atoms with Gasteiger partial charge in [0.15, 0.2) is 0 Å². The van der Waals surface area contributed by atoms with E-state index in [2.05, 4.69) is 5.32 Å². The monoisotopic (exact) mass is 457 g/mol. The van der Waals surface area contributed by atoms with Crippen LogP contribution in [0, 0.1) is 12.7 Å². The highest BCUT2D eigenvalue weighted by Gasteiger charge is 2.36. The summed E-state index contributed by atoms with van der Waals surface area (Å²) in [5, 5.41) is 2.82. The van der Waals surface area contributed by atoms with Crippen molar-refractivity contribution in [3.8, 4) is 0 Å². The molecule has 1 aliphatic rings. The van der Waals surface area contributed by atoms with Crippen LogP contribution in [0.5, 0.6) is 0 Å². The number of hydrogen-bond acceptors (Lipinski definition) is 4. The van der Waals surface area contributed by atoms with E-state index in [-0.39, 0.29) is 15.6 Å². The maximum absolute atomic E-state index is 13.3. The third-order valence-corrected chi connectivity index (χ3v) is 6.30. The Morgan fingerprint density at radius 1 is 1.23 bits per heavy atom. The van der Waals surface area contributed by atoms with Crippen LogP contribution >= 0.6 is 23.4 Å². The number of aryl methyl sites for hydroxylation is 1. The zero-order valence-electron chi connectivity index (χ0n) is 16.6. The highest BCUT2D eigenvalue weighted by Crippen LogP contribution is 2.35. The number of thioether (sulfide) groups is 1. The topological polar surface area (TPSA) is 71.4 Å². The molecule has 1 fully saturated rings. The van der Waals surface area contributed by atoms with Crippen LogP contribution in [0.3, 0.4) is 0 Å². The molecule has 158 valence electrons. The van der Waals surface area contributed by atoms with Gasteiger partial charge < -0.3 is 9.88 Å². The number of amides is 3. The molecular formula is C22H17ClFN3O3S. The Morgan fingerprint density at radius 2 is 1.97 bits per heavy atom. The summed E-state index contributed by atoms with van der Waals surface area (Å²) in [7, 11) is 1.94. The van der Waals surface area contributed by atoms with Crippen LogP contribution in [0.1, 0.15) is 11.3 Å². The van der Waals surface area contributed by atoms with E-state index in [1.165, 1.54) is 12.1 Å². The molecule has 1 saturated heterocycles. The average Bonchev–Trinajstić information content (AvgIpc) is 3.14. The van der Waals surface area contributed by atoms with Crippen LogP contribution < -0.4 is 5.32 Å². The van der Waals surface area contributed by atoms with Crippen LogP contribution in [0.25, 0.3) is 17.0 Å². The predicted octanol–water partition coefficient (Wildman–Crippen LogP) is 4.95. The predicted molar refractivity (Wildman–Crippen MR) is 120 cm³/mol. The van der Waals surface area contributed by atoms with E-state index in [1.807, 2.05) is 42.8 Å². The van der Waals surface area contributed by atoms with Gasteiger partial charge >= 0.3 is 0 Å². The molecule has 1 aliphatic heterocycles. The summed E-state index contributed by atoms with van der Waals surface area (Å²) in [5.74, 6) is -1.73. The Labute approximate surface area is 186 Å². The van der Waals surface area contributed by atoms with E-state index in [1.54, 1.807) is 6.08 Å². The second kappa shape index (κ2) is 8.20. The number of imide groups is 1. The van der Waals surface area contributed by atoms with Gasteiger partial charge in [-0.25, -0.2) is 4.39 Å². The minimum absolute atomic E-state index is 0.141. The molecule has 0 radical (unpaired) electrons. The van der Waals surface area contributed by atoms with Gasteiger partial charge in [0.25, 0.3) is 11.1 Å². The van der Waals surface area contributed by atoms with Crippen LogP contribution in [0.2, 0.25) is 5.02 Å². The molecule has 1 N–H and O–H groups in total. The first-order valence-corrected chi connectivity index (χ1v) is 10.5. The quantitative estimate of drug-likeness (QED) is 0.562. The van der Waals surface area contributed by atoms with Gasteiger partial charge in [0.05, 0.1) is 9.93 Å². The SMILES string of the molecule is Cc1c(/C=C2\SC(=O)N(CC(=O)Nc3ccc(F)c(Cl)c3)C2=O)c2ccccc2n1C. The van der Waals surface area contributed by atoms with Gasteiger partial charge in [-0.1, -0.05) is 29.8 Å². The van der Waals surface area contributed by atoms with Crippen molar-refractivity contribution >= 4 is 63.1 Å². The van der Waals surface area contributed by atoms with Crippen molar-refractivity contribution in [2.75, 3.05) is 11.9 Å². The smallest absolute Gasteiger partial charge is 0.294 e. The number of benzene rings is 2. The molecule has 3 amide bonds. The molecule has 9 heteroatoms. The highest BCUT2D eigenvalue weighted by molar-refractivity contribution is 8.18. The fourth-order valence-corrected chi connectivity index (χ4v) is 4.42. The van der Waals surface area contributed by atoms with Crippen LogP contribution in [-0.2, 0) is 16.6 Å². The number of hydrogen-bond donors (Lipinski definition) is 1. The zero-order valence-corrected chi connectivity index (χ0v) is 18.2. The number of nitrogens with one attached hydrogen (secondary N) is 1. The molecule has 0 atom stereocenters. The van der Waals surface area contributed by atoms with Crippen LogP contribution in [-0.4, -0.2) is 33.1 Å². The van der Waals surface area contributed by atoms with Gasteiger partial charge in [-0.15, -0.1) is 0 Å². The Bertz CT molecular complexity index is 1280. The highest BCUT2D eigenvalue weighted by atomic mass is 35.5. The van der Waals surface area contributed by atoms with E-state index in [0.717, 1.165) is 44.9 Å². The van der Waals surface area contributed by atoms with Crippen molar-refractivity contribution in [3.63, 3.8) is 0 Å². The lowest BCUT2D eigenvalue weighted by Crippen LogP contribution is -2.36. The van der Waals surface area contributed by atoms with Crippen LogP contribution in [0.15, 0.2) is 47.4 Å². The lowest BCUT2D eigenvalue weighted by atomic mass is 10.1. The second-order valence-electron chi connectivity index (χ2n) is 7.02. The zero-order chi connectivity index (χ0) is 22.3. The van der Waals surface area contributed by atoms with E-state index >= 15 is 0 Å². The van der Waals surface area contributed by atoms with Crippen LogP contribution in [0.4, 0.5) is 14.9 Å². The molecule has 6 nitrogen and oxygen atoms in total. The first kappa shape index (κ1) is 21.1. The van der Waals surface area contributed by atoms with Gasteiger partial charge in [-0.05, 0) is 49.0 Å². The summed E-state index contributed by atoms with van der Waals surface area (Å²) in [4.78, 5) is 38.7. The van der Waals surface area contributed by atoms with Crippen molar-refractivity contribution in [1.29, 1.82) is 0 Å². The minimum Gasteiger partial charge on any atom is -0.347 e. The number of nitrogens with zero attached hydrogens (tertiary/aromatic N) is 2. The van der Waals surface area contributed by atoms with Crippen molar-refractivity contribution in [1.82, 2.24) is 9.47 Å². The summed E-state index contributed by atoms with van der Waals surface area (Å²) >= 11 is 6.50. The fraction of sp³-hybridized carbons (Fsp3) is 0.136. The van der Waals surface area contributed by atoms with Gasteiger partial charge in [0.1, 0.15) is 12.4 Å². The Morgan fingerprint density at radius 3 is 2.71 bits per heavy atom. The molecule has 31 heavy (non-hydrogen) atoms. The number of anilines is 1. The standard InChI is InChI=1S/C22H17ClFN3O3S/c1-12-15(14-5-3-4-6-18(14)26(12)2)10-19-21(29)27(22(30)31-19)11-20(28)25-13-7-8-17(24)16(23)9-13/h3-10H,11H2,1-2H3,(H,25,28)/b19-10-. The summed E-state index contributed by atoms with van der Waals surface area (Å²) in [6.07, 6.45) is 1.69. The molecule has 2 aromatic carbocycles. The third kappa shape index (κ3) is 3.96. The Balaban J connectivity index is 1.55. The number of rotatable bonds is 4. The van der Waals surface area contributed by atoms with Crippen molar-refractivity contribution in [2.24, 2.45) is 7.05 Å². The van der Waals surface area contributed by atoms with E-state index in [0.29, 0.717) is 0 Å². The number of halogens is 2. The first-order valence-electron chi connectivity index (χ1n) is 9.30. The van der Waals surface area contributed by atoms with E-state index in [4.69, 9.17) is 11.6 Å². The fourth-order valence-electron chi connectivity index (χ4n) is 3.42. The molecule has 1 aromatic heterocycles. The lowest BCUT2D eigenvalue weighted by Gasteiger charge is -2.12. The lowest BCUT2D eigenvalue weighted by molar-refractivity contribution is -0.127. The van der Waals surface area contributed by atoms with E-state index in [9.17, 15) is 18.8 Å². The number of carbonyl (C=O) groups excluding carboxylic acids is 3. The molecular weight excluding hydrogens is 441 g/mol. The van der Waals surface area contributed by atoms with Gasteiger partial charge in [-0.3, -0.25) is 19.3 Å². The summed E-state index contributed by atoms with van der Waals surface area (Å²) in [6.45, 7) is 1.49. The van der Waals surface area contributed by atoms with Gasteiger partial charge in [0, 0.05) is 34.9 Å². The summed E-state index contributed by atoms with van der Waals surface area (Å²) in [5.41, 5.74) is 3.10. The second-order valence-corrected chi connectivity index (χ2v) is 8.42. The van der Waals surface area contributed by atoms with E-state index < -0.39 is 29.4 Å². The molecule has 0 unspecified atom stereocenters. The molecule has 0 saturated carbocycles. The molecule has 0 bridgehead atoms. The Hall–Kier alpha value is -3.10. The number of para-hydroxylation sites is 1. The molecule has 0 spiro atoms. The molecule has 3 aromatic rings. The normalized spacial score (nSPS) is 15.4. The average molecular weight is 458 g/mol. The van der Waals surface area contributed by atoms with Crippen molar-refractivity contribution in [2.45, 2.75) is 6.92 Å². The van der Waals surface area contributed by atoms with Gasteiger partial charge in [-0.2, -0.15) is 0 Å². The van der Waals surface area contributed by atoms with Crippen molar-refractivity contribution in [3.05, 3.63) is 69.5 Å².